The van der Waals surface area contributed by atoms with Crippen LogP contribution in [0.15, 0.2) is 12.1 Å². The second-order valence-electron chi connectivity index (χ2n) is 3.24. The van der Waals surface area contributed by atoms with Crippen molar-refractivity contribution in [2.45, 2.75) is 0 Å². The molecule has 0 spiro atoms. The topological polar surface area (TPSA) is 98.0 Å². The van der Waals surface area contributed by atoms with Gasteiger partial charge in [-0.05, 0) is 12.1 Å². The highest BCUT2D eigenvalue weighted by atomic mass is 35.5. The molecule has 6 heteroatoms. The largest absolute Gasteiger partial charge is 0.396 e. The molecule has 5 nitrogen and oxygen atoms in total. The highest BCUT2D eigenvalue weighted by Crippen LogP contribution is 2.19. The second-order valence-corrected chi connectivity index (χ2v) is 3.63. The smallest absolute Gasteiger partial charge is 0.130 e. The van der Waals surface area contributed by atoms with Crippen molar-refractivity contribution >= 4 is 29.6 Å². The van der Waals surface area contributed by atoms with Gasteiger partial charge in [0.1, 0.15) is 5.15 Å². The molecule has 0 aliphatic rings. The molecule has 0 aromatic carbocycles. The molecule has 1 aromatic rings. The van der Waals surface area contributed by atoms with Crippen molar-refractivity contribution in [2.24, 2.45) is 5.73 Å². The van der Waals surface area contributed by atoms with E-state index < -0.39 is 0 Å². The first-order chi connectivity index (χ1) is 8.19. The van der Waals surface area contributed by atoms with Crippen LogP contribution in [0.25, 0.3) is 6.08 Å². The van der Waals surface area contributed by atoms with Gasteiger partial charge in [0.15, 0.2) is 0 Å². The quantitative estimate of drug-likeness (QED) is 0.405. The molecule has 0 aliphatic heterocycles. The molecule has 0 saturated carbocycles. The second kappa shape index (κ2) is 7.01. The molecule has 0 saturated heterocycles. The standard InChI is InChI=1S/C11H15ClN4O/c12-10-6-8(7-14)11(15)9(16-10)2-1-4-17-5-3-13/h1-2,6-7,14H,3-5,13,15H2/b2-1-,14-7?. The summed E-state index contributed by atoms with van der Waals surface area (Å²) >= 11 is 5.81. The van der Waals surface area contributed by atoms with Gasteiger partial charge in [-0.15, -0.1) is 0 Å². The van der Waals surface area contributed by atoms with Crippen LogP contribution in [0, 0.1) is 5.41 Å². The van der Waals surface area contributed by atoms with E-state index in [0.717, 1.165) is 6.21 Å². The summed E-state index contributed by atoms with van der Waals surface area (Å²) in [6, 6.07) is 1.55. The van der Waals surface area contributed by atoms with Crippen LogP contribution >= 0.6 is 11.6 Å². The molecule has 0 fully saturated rings. The van der Waals surface area contributed by atoms with Crippen molar-refractivity contribution in [3.05, 3.63) is 28.6 Å². The highest BCUT2D eigenvalue weighted by Gasteiger charge is 2.04. The van der Waals surface area contributed by atoms with E-state index in [2.05, 4.69) is 4.98 Å². The molecular formula is C11H15ClN4O. The van der Waals surface area contributed by atoms with Crippen molar-refractivity contribution in [3.8, 4) is 0 Å². The lowest BCUT2D eigenvalue weighted by molar-refractivity contribution is 0.171. The molecule has 5 N–H and O–H groups in total. The Morgan fingerprint density at radius 2 is 2.29 bits per heavy atom. The van der Waals surface area contributed by atoms with E-state index in [-0.39, 0.29) is 0 Å². The van der Waals surface area contributed by atoms with Gasteiger partial charge in [0, 0.05) is 18.3 Å². The fourth-order valence-electron chi connectivity index (χ4n) is 1.20. The number of pyridine rings is 1. The predicted octanol–water partition coefficient (Wildman–Crippen LogP) is 1.30. The monoisotopic (exact) mass is 254 g/mol. The van der Waals surface area contributed by atoms with Crippen molar-refractivity contribution in [3.63, 3.8) is 0 Å². The maximum atomic E-state index is 7.19. The first-order valence-electron chi connectivity index (χ1n) is 5.10. The zero-order chi connectivity index (χ0) is 12.7. The van der Waals surface area contributed by atoms with Gasteiger partial charge in [0.25, 0.3) is 0 Å². The molecule has 92 valence electrons. The SMILES string of the molecule is N=Cc1cc(Cl)nc(/C=C\COCCN)c1N. The van der Waals surface area contributed by atoms with Gasteiger partial charge in [-0.25, -0.2) is 4.98 Å². The third-order valence-electron chi connectivity index (χ3n) is 2.00. The normalized spacial score (nSPS) is 10.9. The Morgan fingerprint density at radius 3 is 2.94 bits per heavy atom. The molecule has 17 heavy (non-hydrogen) atoms. The Morgan fingerprint density at radius 1 is 1.53 bits per heavy atom. The van der Waals surface area contributed by atoms with Crippen LogP contribution in [-0.4, -0.2) is 31.0 Å². The van der Waals surface area contributed by atoms with Crippen LogP contribution in [0.3, 0.4) is 0 Å². The molecule has 0 bridgehead atoms. The van der Waals surface area contributed by atoms with Gasteiger partial charge in [-0.1, -0.05) is 17.7 Å². The van der Waals surface area contributed by atoms with Crippen molar-refractivity contribution < 1.29 is 4.74 Å². The van der Waals surface area contributed by atoms with E-state index >= 15 is 0 Å². The van der Waals surface area contributed by atoms with E-state index in [9.17, 15) is 0 Å². The van der Waals surface area contributed by atoms with E-state index in [0.29, 0.717) is 41.9 Å². The molecule has 0 amide bonds. The van der Waals surface area contributed by atoms with Crippen LogP contribution in [-0.2, 0) is 4.74 Å². The lowest BCUT2D eigenvalue weighted by Gasteiger charge is -2.04. The van der Waals surface area contributed by atoms with Gasteiger partial charge in [-0.3, -0.25) is 0 Å². The number of rotatable bonds is 6. The Labute approximate surface area is 105 Å². The summed E-state index contributed by atoms with van der Waals surface area (Å²) in [5, 5.41) is 7.50. The van der Waals surface area contributed by atoms with Gasteiger partial charge in [0.2, 0.25) is 0 Å². The zero-order valence-corrected chi connectivity index (χ0v) is 10.1. The van der Waals surface area contributed by atoms with Gasteiger partial charge in [0.05, 0.1) is 24.6 Å². The number of ether oxygens (including phenoxy) is 1. The number of nitrogen functional groups attached to an aromatic ring is 1. The fraction of sp³-hybridized carbons (Fsp3) is 0.273. The number of nitrogens with two attached hydrogens (primary N) is 2. The third kappa shape index (κ3) is 4.14. The minimum absolute atomic E-state index is 0.306. The van der Waals surface area contributed by atoms with Gasteiger partial charge in [-0.2, -0.15) is 0 Å². The Hall–Kier alpha value is -1.43. The van der Waals surface area contributed by atoms with Crippen LogP contribution < -0.4 is 11.5 Å². The van der Waals surface area contributed by atoms with E-state index in [1.54, 1.807) is 18.2 Å². The summed E-state index contributed by atoms with van der Waals surface area (Å²) < 4.78 is 5.17. The van der Waals surface area contributed by atoms with Gasteiger partial charge < -0.3 is 21.6 Å². The number of aromatic nitrogens is 1. The van der Waals surface area contributed by atoms with Crippen LogP contribution in [0.4, 0.5) is 5.69 Å². The Balaban J connectivity index is 2.76. The minimum Gasteiger partial charge on any atom is -0.396 e. The maximum absolute atomic E-state index is 7.19. The van der Waals surface area contributed by atoms with Gasteiger partial charge >= 0.3 is 0 Å². The summed E-state index contributed by atoms with van der Waals surface area (Å²) in [6.07, 6.45) is 4.63. The molecule has 0 unspecified atom stereocenters. The van der Waals surface area contributed by atoms with E-state index in [1.807, 2.05) is 0 Å². The van der Waals surface area contributed by atoms with Crippen molar-refractivity contribution in [2.75, 3.05) is 25.5 Å². The molecule has 1 heterocycles. The highest BCUT2D eigenvalue weighted by molar-refractivity contribution is 6.29. The lowest BCUT2D eigenvalue weighted by Crippen LogP contribution is -2.08. The number of hydrogen-bond acceptors (Lipinski definition) is 5. The zero-order valence-electron chi connectivity index (χ0n) is 9.32. The summed E-state index contributed by atoms with van der Waals surface area (Å²) in [6.45, 7) is 1.43. The van der Waals surface area contributed by atoms with Crippen molar-refractivity contribution in [1.82, 2.24) is 4.98 Å². The maximum Gasteiger partial charge on any atom is 0.130 e. The number of anilines is 1. The Kier molecular flexibility index (Phi) is 5.62. The summed E-state index contributed by atoms with van der Waals surface area (Å²) in [4.78, 5) is 4.07. The molecule has 1 rings (SSSR count). The average molecular weight is 255 g/mol. The molecule has 0 aliphatic carbocycles. The molecule has 0 atom stereocenters. The number of hydrogen-bond donors (Lipinski definition) is 3. The summed E-state index contributed by atoms with van der Waals surface area (Å²) in [7, 11) is 0. The average Bonchev–Trinajstić information content (AvgIpc) is 2.32. The predicted molar refractivity (Wildman–Crippen MR) is 70.5 cm³/mol. The number of nitrogens with one attached hydrogen (secondary N) is 1. The molecule has 1 aromatic heterocycles. The summed E-state index contributed by atoms with van der Waals surface area (Å²) in [5.74, 6) is 0. The van der Waals surface area contributed by atoms with E-state index in [4.69, 9.17) is 33.2 Å². The van der Waals surface area contributed by atoms with Crippen LogP contribution in [0.1, 0.15) is 11.3 Å². The third-order valence-corrected chi connectivity index (χ3v) is 2.19. The van der Waals surface area contributed by atoms with Crippen LogP contribution in [0.2, 0.25) is 5.15 Å². The van der Waals surface area contributed by atoms with E-state index in [1.165, 1.54) is 0 Å². The lowest BCUT2D eigenvalue weighted by atomic mass is 10.2. The molecule has 0 radical (unpaired) electrons. The van der Waals surface area contributed by atoms with Crippen molar-refractivity contribution in [1.29, 1.82) is 5.41 Å². The van der Waals surface area contributed by atoms with Crippen LogP contribution in [0.5, 0.6) is 0 Å². The Bertz CT molecular complexity index is 420. The minimum atomic E-state index is 0.306. The first-order valence-corrected chi connectivity index (χ1v) is 5.47. The summed E-state index contributed by atoms with van der Waals surface area (Å²) in [5.41, 5.74) is 12.6. The fourth-order valence-corrected chi connectivity index (χ4v) is 1.41. The number of nitrogens with zero attached hydrogens (tertiary/aromatic N) is 1. The molecular weight excluding hydrogens is 240 g/mol. The first kappa shape index (κ1) is 13.6. The number of halogens is 1.